The second kappa shape index (κ2) is 11.9. The molecule has 0 fully saturated rings. The second-order valence-electron chi connectivity index (χ2n) is 9.33. The van der Waals surface area contributed by atoms with Crippen LogP contribution < -0.4 is 10.6 Å². The summed E-state index contributed by atoms with van der Waals surface area (Å²) >= 11 is 0. The van der Waals surface area contributed by atoms with Gasteiger partial charge >= 0.3 is 12.1 Å². The van der Waals surface area contributed by atoms with Crippen LogP contribution in [0.15, 0.2) is 18.2 Å². The number of carbonyl (C=O) groups excluding carboxylic acids is 2. The quantitative estimate of drug-likeness (QED) is 0.410. The largest absolute Gasteiger partial charge is 0.456 e. The van der Waals surface area contributed by atoms with Crippen LogP contribution in [0.4, 0.5) is 9.18 Å². The molecule has 2 N–H and O–H groups in total. The fraction of sp³-hybridized carbons (Fsp3) is 0.652. The van der Waals surface area contributed by atoms with Crippen molar-refractivity contribution in [3.05, 3.63) is 35.1 Å². The van der Waals surface area contributed by atoms with Crippen molar-refractivity contribution in [3.63, 3.8) is 0 Å². The molecule has 0 saturated heterocycles. The number of nitrogens with one attached hydrogen (secondary N) is 2. The van der Waals surface area contributed by atoms with Gasteiger partial charge in [-0.3, -0.25) is 0 Å². The molecule has 0 aliphatic carbocycles. The van der Waals surface area contributed by atoms with Crippen molar-refractivity contribution in [1.29, 1.82) is 0 Å². The fourth-order valence-corrected chi connectivity index (χ4v) is 2.63. The predicted molar refractivity (Wildman–Crippen MR) is 116 cm³/mol. The summed E-state index contributed by atoms with van der Waals surface area (Å²) in [5, 5.41) is 5.95. The highest BCUT2D eigenvalue weighted by Gasteiger charge is 2.19. The molecule has 170 valence electrons. The van der Waals surface area contributed by atoms with E-state index in [0.717, 1.165) is 32.2 Å². The highest BCUT2D eigenvalue weighted by atomic mass is 19.1. The van der Waals surface area contributed by atoms with Gasteiger partial charge in [0.25, 0.3) is 0 Å². The van der Waals surface area contributed by atoms with Gasteiger partial charge < -0.3 is 20.1 Å². The van der Waals surface area contributed by atoms with E-state index in [1.165, 1.54) is 12.1 Å². The van der Waals surface area contributed by atoms with E-state index in [0.29, 0.717) is 24.2 Å². The second-order valence-corrected chi connectivity index (χ2v) is 9.33. The number of hydrogen-bond acceptors (Lipinski definition) is 5. The first-order valence-corrected chi connectivity index (χ1v) is 10.6. The van der Waals surface area contributed by atoms with Crippen molar-refractivity contribution in [2.45, 2.75) is 85.0 Å². The number of amides is 1. The third-order valence-corrected chi connectivity index (χ3v) is 3.94. The van der Waals surface area contributed by atoms with Crippen molar-refractivity contribution < 1.29 is 23.5 Å². The van der Waals surface area contributed by atoms with Crippen LogP contribution in [0.25, 0.3) is 0 Å². The lowest BCUT2D eigenvalue weighted by Gasteiger charge is -2.19. The Morgan fingerprint density at radius 2 is 1.50 bits per heavy atom. The maximum Gasteiger partial charge on any atom is 0.407 e. The first-order chi connectivity index (χ1) is 13.9. The minimum atomic E-state index is -0.591. The zero-order valence-corrected chi connectivity index (χ0v) is 19.2. The standard InChI is InChI=1S/C23H37FN2O4/c1-22(2,3)29-20(27)17-11-12-19(24)18(15-17)16-25-13-9-7-8-10-14-26-21(28)30-23(4,5)6/h11-12,15,25H,7-10,13-14,16H2,1-6H3,(H,26,28). The van der Waals surface area contributed by atoms with Crippen LogP contribution in [0.3, 0.4) is 0 Å². The van der Waals surface area contributed by atoms with Crippen molar-refractivity contribution >= 4 is 12.1 Å². The Kier molecular flexibility index (Phi) is 10.3. The number of ether oxygens (including phenoxy) is 2. The molecule has 7 heteroatoms. The third kappa shape index (κ3) is 11.8. The molecular weight excluding hydrogens is 387 g/mol. The highest BCUT2D eigenvalue weighted by Crippen LogP contribution is 2.15. The Morgan fingerprint density at radius 3 is 2.10 bits per heavy atom. The van der Waals surface area contributed by atoms with E-state index in [1.807, 2.05) is 20.8 Å². The first kappa shape index (κ1) is 25.9. The van der Waals surface area contributed by atoms with Gasteiger partial charge in [0.2, 0.25) is 0 Å². The average Bonchev–Trinajstić information content (AvgIpc) is 2.58. The minimum Gasteiger partial charge on any atom is -0.456 e. The number of carbonyl (C=O) groups is 2. The lowest BCUT2D eigenvalue weighted by atomic mass is 10.1. The van der Waals surface area contributed by atoms with Crippen LogP contribution in [0.5, 0.6) is 0 Å². The van der Waals surface area contributed by atoms with Crippen molar-refractivity contribution in [2.75, 3.05) is 13.1 Å². The van der Waals surface area contributed by atoms with Gasteiger partial charge in [0, 0.05) is 18.7 Å². The number of benzene rings is 1. The van der Waals surface area contributed by atoms with Crippen LogP contribution >= 0.6 is 0 Å². The summed E-state index contributed by atoms with van der Waals surface area (Å²) < 4.78 is 24.5. The number of esters is 1. The van der Waals surface area contributed by atoms with E-state index >= 15 is 0 Å². The zero-order chi connectivity index (χ0) is 22.8. The molecule has 0 radical (unpaired) electrons. The first-order valence-electron chi connectivity index (χ1n) is 10.6. The molecule has 0 aliphatic heterocycles. The monoisotopic (exact) mass is 424 g/mol. The van der Waals surface area contributed by atoms with Crippen LogP contribution in [-0.4, -0.2) is 36.4 Å². The van der Waals surface area contributed by atoms with Gasteiger partial charge in [-0.2, -0.15) is 0 Å². The van der Waals surface area contributed by atoms with E-state index in [4.69, 9.17) is 9.47 Å². The summed E-state index contributed by atoms with van der Waals surface area (Å²) in [5.74, 6) is -0.799. The fourth-order valence-electron chi connectivity index (χ4n) is 2.63. The molecule has 30 heavy (non-hydrogen) atoms. The van der Waals surface area contributed by atoms with Gasteiger partial charge in [0.05, 0.1) is 5.56 Å². The molecule has 0 spiro atoms. The number of unbranched alkanes of at least 4 members (excludes halogenated alkanes) is 3. The van der Waals surface area contributed by atoms with Gasteiger partial charge in [-0.15, -0.1) is 0 Å². The molecular formula is C23H37FN2O4. The summed E-state index contributed by atoms with van der Waals surface area (Å²) in [6, 6.07) is 4.28. The maximum atomic E-state index is 14.0. The molecule has 0 aliphatic rings. The van der Waals surface area contributed by atoms with E-state index < -0.39 is 17.2 Å². The van der Waals surface area contributed by atoms with Crippen LogP contribution in [0, 0.1) is 5.82 Å². The van der Waals surface area contributed by atoms with Gasteiger partial charge in [-0.1, -0.05) is 12.8 Å². The van der Waals surface area contributed by atoms with Gasteiger partial charge in [0.15, 0.2) is 0 Å². The number of rotatable bonds is 10. The molecule has 1 aromatic rings. The molecule has 0 bridgehead atoms. The third-order valence-electron chi connectivity index (χ3n) is 3.94. The molecule has 0 unspecified atom stereocenters. The summed E-state index contributed by atoms with van der Waals surface area (Å²) in [6.45, 7) is 12.6. The Balaban J connectivity index is 2.23. The van der Waals surface area contributed by atoms with Crippen LogP contribution in [-0.2, 0) is 16.0 Å². The predicted octanol–water partition coefficient (Wildman–Crippen LogP) is 4.96. The average molecular weight is 425 g/mol. The molecule has 0 saturated carbocycles. The summed E-state index contributed by atoms with van der Waals surface area (Å²) in [7, 11) is 0. The van der Waals surface area contributed by atoms with Gasteiger partial charge in [-0.05, 0) is 79.1 Å². The van der Waals surface area contributed by atoms with Gasteiger partial charge in [0.1, 0.15) is 17.0 Å². The van der Waals surface area contributed by atoms with Crippen LogP contribution in [0.2, 0.25) is 0 Å². The molecule has 0 heterocycles. The highest BCUT2D eigenvalue weighted by molar-refractivity contribution is 5.89. The van der Waals surface area contributed by atoms with Crippen LogP contribution in [0.1, 0.15) is 83.1 Å². The normalized spacial score (nSPS) is 11.8. The van der Waals surface area contributed by atoms with Crippen molar-refractivity contribution in [2.24, 2.45) is 0 Å². The maximum absolute atomic E-state index is 14.0. The number of halogens is 1. The Bertz CT molecular complexity index is 693. The molecule has 6 nitrogen and oxygen atoms in total. The van der Waals surface area contributed by atoms with Crippen molar-refractivity contribution in [3.8, 4) is 0 Å². The number of hydrogen-bond donors (Lipinski definition) is 2. The Labute approximate surface area is 179 Å². The molecule has 1 amide bonds. The van der Waals surface area contributed by atoms with Crippen molar-refractivity contribution in [1.82, 2.24) is 10.6 Å². The van der Waals surface area contributed by atoms with E-state index in [9.17, 15) is 14.0 Å². The van der Waals surface area contributed by atoms with E-state index in [1.54, 1.807) is 26.8 Å². The van der Waals surface area contributed by atoms with E-state index in [-0.39, 0.29) is 11.9 Å². The topological polar surface area (TPSA) is 76.7 Å². The molecule has 0 aromatic heterocycles. The van der Waals surface area contributed by atoms with Gasteiger partial charge in [-0.25, -0.2) is 14.0 Å². The number of alkyl carbamates (subject to hydrolysis) is 1. The lowest BCUT2D eigenvalue weighted by Crippen LogP contribution is -2.33. The molecule has 0 atom stereocenters. The zero-order valence-electron chi connectivity index (χ0n) is 19.2. The Morgan fingerprint density at radius 1 is 0.900 bits per heavy atom. The minimum absolute atomic E-state index is 0.344. The van der Waals surface area contributed by atoms with E-state index in [2.05, 4.69) is 10.6 Å². The summed E-state index contributed by atoms with van der Waals surface area (Å²) in [4.78, 5) is 23.7. The smallest absolute Gasteiger partial charge is 0.407 e. The summed E-state index contributed by atoms with van der Waals surface area (Å²) in [5.41, 5.74) is -0.283. The molecule has 1 rings (SSSR count). The Hall–Kier alpha value is -2.15. The molecule has 1 aromatic carbocycles. The summed E-state index contributed by atoms with van der Waals surface area (Å²) in [6.07, 6.45) is 3.43. The SMILES string of the molecule is CC(C)(C)OC(=O)NCCCCCCNCc1cc(C(=O)OC(C)(C)C)ccc1F. The lowest BCUT2D eigenvalue weighted by molar-refractivity contribution is 0.00690.